The molecule has 0 rings (SSSR count). The van der Waals surface area contributed by atoms with Crippen LogP contribution in [0.15, 0.2) is 24.8 Å². The predicted octanol–water partition coefficient (Wildman–Crippen LogP) is 1.80. The van der Waals surface area contributed by atoms with Gasteiger partial charge in [0.25, 0.3) is 0 Å². The van der Waals surface area contributed by atoms with Gasteiger partial charge in [-0.25, -0.2) is 0 Å². The van der Waals surface area contributed by atoms with Crippen LogP contribution in [0.4, 0.5) is 0 Å². The molecule has 0 radical (unpaired) electrons. The Balaban J connectivity index is 4.31. The summed E-state index contributed by atoms with van der Waals surface area (Å²) in [7, 11) is 0. The Kier molecular flexibility index (Phi) is 7.50. The van der Waals surface area contributed by atoms with E-state index in [-0.39, 0.29) is 12.2 Å². The first-order valence-electron chi connectivity index (χ1n) is 5.71. The van der Waals surface area contributed by atoms with Crippen molar-refractivity contribution in [2.45, 2.75) is 45.4 Å². The van der Waals surface area contributed by atoms with Crippen LogP contribution in [-0.4, -0.2) is 30.8 Å². The maximum absolute atomic E-state index is 11.4. The minimum absolute atomic E-state index is 0.216. The van der Waals surface area contributed by atoms with Crippen molar-refractivity contribution in [3.05, 3.63) is 24.8 Å². The molecule has 0 amide bonds. The Morgan fingerprint density at radius 2 is 2.06 bits per heavy atom. The van der Waals surface area contributed by atoms with Gasteiger partial charge < -0.3 is 15.2 Å². The zero-order valence-corrected chi connectivity index (χ0v) is 10.9. The Morgan fingerprint density at radius 1 is 1.47 bits per heavy atom. The summed E-state index contributed by atoms with van der Waals surface area (Å²) >= 11 is 0. The Bertz CT molecular complexity index is 274. The number of ether oxygens (including phenoxy) is 2. The van der Waals surface area contributed by atoms with Crippen LogP contribution in [0.25, 0.3) is 0 Å². The van der Waals surface area contributed by atoms with Crippen molar-refractivity contribution >= 4 is 5.97 Å². The molecule has 0 aliphatic heterocycles. The first-order chi connectivity index (χ1) is 7.88. The molecule has 4 nitrogen and oxygen atoms in total. The predicted molar refractivity (Wildman–Crippen MR) is 68.6 cm³/mol. The molecule has 2 N–H and O–H groups in total. The third-order valence-electron chi connectivity index (χ3n) is 2.14. The van der Waals surface area contributed by atoms with Crippen LogP contribution in [0.3, 0.4) is 0 Å². The average Bonchev–Trinajstić information content (AvgIpc) is 2.23. The minimum Gasteiger partial charge on any atom is -0.459 e. The molecule has 0 aliphatic rings. The molecule has 0 spiro atoms. The molecule has 0 unspecified atom stereocenters. The van der Waals surface area contributed by atoms with Crippen LogP contribution in [-0.2, 0) is 14.3 Å². The summed E-state index contributed by atoms with van der Waals surface area (Å²) in [5.74, 6) is -0.425. The second kappa shape index (κ2) is 8.03. The molecule has 4 heteroatoms. The van der Waals surface area contributed by atoms with E-state index in [2.05, 4.69) is 13.2 Å². The van der Waals surface area contributed by atoms with Gasteiger partial charge in [-0.15, -0.1) is 6.58 Å². The molecular weight excluding hydrogens is 218 g/mol. The fraction of sp³-hybridized carbons (Fsp3) is 0.615. The van der Waals surface area contributed by atoms with E-state index < -0.39 is 12.0 Å². The number of esters is 1. The Hall–Kier alpha value is -1.13. The van der Waals surface area contributed by atoms with Crippen molar-refractivity contribution in [3.8, 4) is 0 Å². The molecule has 98 valence electrons. The number of rotatable bonds is 8. The third-order valence-corrected chi connectivity index (χ3v) is 2.14. The van der Waals surface area contributed by atoms with Gasteiger partial charge >= 0.3 is 5.97 Å². The molecule has 0 aromatic carbocycles. The fourth-order valence-corrected chi connectivity index (χ4v) is 1.18. The van der Waals surface area contributed by atoms with E-state index in [1.807, 2.05) is 6.92 Å². The Labute approximate surface area is 103 Å². The first kappa shape index (κ1) is 15.9. The van der Waals surface area contributed by atoms with Gasteiger partial charge in [0.1, 0.15) is 12.1 Å². The largest absolute Gasteiger partial charge is 0.459 e. The third kappa shape index (κ3) is 6.92. The molecule has 0 aromatic heterocycles. The summed E-state index contributed by atoms with van der Waals surface area (Å²) in [6.45, 7) is 13.1. The van der Waals surface area contributed by atoms with E-state index in [4.69, 9.17) is 15.2 Å². The van der Waals surface area contributed by atoms with E-state index in [1.165, 1.54) is 0 Å². The highest BCUT2D eigenvalue weighted by atomic mass is 16.6. The van der Waals surface area contributed by atoms with Crippen LogP contribution >= 0.6 is 0 Å². The van der Waals surface area contributed by atoms with Crippen molar-refractivity contribution in [2.75, 3.05) is 6.61 Å². The van der Waals surface area contributed by atoms with Gasteiger partial charge in [-0.05, 0) is 27.2 Å². The summed E-state index contributed by atoms with van der Waals surface area (Å²) in [4.78, 5) is 11.4. The van der Waals surface area contributed by atoms with E-state index in [9.17, 15) is 4.79 Å². The molecule has 3 atom stereocenters. The molecule has 0 bridgehead atoms. The molecule has 0 aromatic rings. The van der Waals surface area contributed by atoms with E-state index in [0.717, 1.165) is 5.57 Å². The standard InChI is InChI=1S/C13H23NO3/c1-6-7-12(16-8-9(2)3)11(5)17-13(15)10(4)14/h6,10-12H,1-2,7-8,14H2,3-5H3/t10-,11-,12+/m0/s1. The highest BCUT2D eigenvalue weighted by Crippen LogP contribution is 2.11. The van der Waals surface area contributed by atoms with Gasteiger partial charge in [0.15, 0.2) is 0 Å². The highest BCUT2D eigenvalue weighted by Gasteiger charge is 2.22. The second-order valence-corrected chi connectivity index (χ2v) is 4.26. The monoisotopic (exact) mass is 241 g/mol. The van der Waals surface area contributed by atoms with Gasteiger partial charge in [0.2, 0.25) is 0 Å². The van der Waals surface area contributed by atoms with Crippen molar-refractivity contribution in [1.29, 1.82) is 0 Å². The van der Waals surface area contributed by atoms with Gasteiger partial charge in [0, 0.05) is 0 Å². The molecule has 0 aliphatic carbocycles. The molecule has 0 saturated heterocycles. The van der Waals surface area contributed by atoms with Crippen LogP contribution in [0, 0.1) is 0 Å². The van der Waals surface area contributed by atoms with Gasteiger partial charge in [0.05, 0.1) is 12.7 Å². The first-order valence-corrected chi connectivity index (χ1v) is 5.71. The number of hydrogen-bond acceptors (Lipinski definition) is 4. The number of nitrogens with two attached hydrogens (primary N) is 1. The van der Waals surface area contributed by atoms with Crippen molar-refractivity contribution in [1.82, 2.24) is 0 Å². The van der Waals surface area contributed by atoms with Crippen molar-refractivity contribution < 1.29 is 14.3 Å². The number of carbonyl (C=O) groups excluding carboxylic acids is 1. The second-order valence-electron chi connectivity index (χ2n) is 4.26. The number of carbonyl (C=O) groups is 1. The average molecular weight is 241 g/mol. The van der Waals surface area contributed by atoms with Gasteiger partial charge in [-0.2, -0.15) is 0 Å². The van der Waals surface area contributed by atoms with E-state index >= 15 is 0 Å². The lowest BCUT2D eigenvalue weighted by molar-refractivity contribution is -0.156. The summed E-state index contributed by atoms with van der Waals surface area (Å²) in [6.07, 6.45) is 1.78. The van der Waals surface area contributed by atoms with Crippen molar-refractivity contribution in [2.24, 2.45) is 5.73 Å². The Morgan fingerprint density at radius 3 is 2.47 bits per heavy atom. The van der Waals surface area contributed by atoms with Gasteiger partial charge in [-0.3, -0.25) is 4.79 Å². The minimum atomic E-state index is -0.622. The lowest BCUT2D eigenvalue weighted by Crippen LogP contribution is -2.37. The van der Waals surface area contributed by atoms with E-state index in [0.29, 0.717) is 13.0 Å². The summed E-state index contributed by atoms with van der Waals surface area (Å²) < 4.78 is 10.8. The summed E-state index contributed by atoms with van der Waals surface area (Å²) in [5, 5.41) is 0. The zero-order chi connectivity index (χ0) is 13.4. The van der Waals surface area contributed by atoms with Gasteiger partial charge in [-0.1, -0.05) is 18.2 Å². The van der Waals surface area contributed by atoms with Crippen LogP contribution < -0.4 is 5.73 Å². The zero-order valence-electron chi connectivity index (χ0n) is 10.9. The topological polar surface area (TPSA) is 61.5 Å². The quantitative estimate of drug-likeness (QED) is 0.520. The summed E-state index contributed by atoms with van der Waals surface area (Å²) in [5.41, 5.74) is 6.35. The SMILES string of the molecule is C=CC[C@@H](OCC(=C)C)[C@H](C)OC(=O)[C@H](C)N. The van der Waals surface area contributed by atoms with E-state index in [1.54, 1.807) is 19.9 Å². The lowest BCUT2D eigenvalue weighted by Gasteiger charge is -2.24. The summed E-state index contributed by atoms with van der Waals surface area (Å²) in [6, 6.07) is -0.622. The smallest absolute Gasteiger partial charge is 0.322 e. The fourth-order valence-electron chi connectivity index (χ4n) is 1.18. The molecular formula is C13H23NO3. The maximum Gasteiger partial charge on any atom is 0.322 e. The van der Waals surface area contributed by atoms with Crippen molar-refractivity contribution in [3.63, 3.8) is 0 Å². The molecule has 0 heterocycles. The lowest BCUT2D eigenvalue weighted by atomic mass is 10.1. The molecule has 0 saturated carbocycles. The highest BCUT2D eigenvalue weighted by molar-refractivity contribution is 5.75. The van der Waals surface area contributed by atoms with Crippen LogP contribution in [0.1, 0.15) is 27.2 Å². The number of hydrogen-bond donors (Lipinski definition) is 1. The molecule has 0 fully saturated rings. The molecule has 17 heavy (non-hydrogen) atoms. The maximum atomic E-state index is 11.4. The normalized spacial score (nSPS) is 15.8. The van der Waals surface area contributed by atoms with Crippen LogP contribution in [0.2, 0.25) is 0 Å². The van der Waals surface area contributed by atoms with Crippen LogP contribution in [0.5, 0.6) is 0 Å².